The maximum absolute atomic E-state index is 12.6. The second kappa shape index (κ2) is 6.12. The maximum Gasteiger partial charge on any atom is 0.251 e. The number of hydrogen-bond donors (Lipinski definition) is 1. The molecule has 2 aromatic rings. The molecular formula is C21H22N2O2. The summed E-state index contributed by atoms with van der Waals surface area (Å²) in [4.78, 5) is 26.6. The van der Waals surface area contributed by atoms with Crippen LogP contribution in [-0.2, 0) is 0 Å². The molecule has 2 heterocycles. The second-order valence-corrected chi connectivity index (χ2v) is 7.24. The number of rotatable bonds is 2. The lowest BCUT2D eigenvalue weighted by atomic mass is 9.86. The van der Waals surface area contributed by atoms with Gasteiger partial charge in [0.25, 0.3) is 5.91 Å². The monoisotopic (exact) mass is 334 g/mol. The van der Waals surface area contributed by atoms with E-state index >= 15 is 0 Å². The zero-order valence-corrected chi connectivity index (χ0v) is 14.6. The fraction of sp³-hybridized carbons (Fsp3) is 0.333. The Bertz CT molecular complexity index is 859. The van der Waals surface area contributed by atoms with Gasteiger partial charge < -0.3 is 10.2 Å². The molecule has 128 valence electrons. The number of Topliss-reactive ketones (excluding diaryl/α,β-unsaturated/α-hetero) is 1. The van der Waals surface area contributed by atoms with Gasteiger partial charge in [0.2, 0.25) is 0 Å². The smallest absolute Gasteiger partial charge is 0.251 e. The molecule has 1 N–H and O–H groups in total. The van der Waals surface area contributed by atoms with Gasteiger partial charge in [-0.1, -0.05) is 30.3 Å². The highest BCUT2D eigenvalue weighted by Gasteiger charge is 2.36. The highest BCUT2D eigenvalue weighted by Crippen LogP contribution is 2.37. The van der Waals surface area contributed by atoms with Crippen LogP contribution in [0.1, 0.15) is 39.1 Å². The number of amides is 1. The number of fused-ring (bicyclic) bond motifs is 3. The molecular weight excluding hydrogens is 312 g/mol. The van der Waals surface area contributed by atoms with E-state index in [1.807, 2.05) is 30.3 Å². The van der Waals surface area contributed by atoms with E-state index in [9.17, 15) is 9.59 Å². The van der Waals surface area contributed by atoms with Gasteiger partial charge in [-0.05, 0) is 48.7 Å². The van der Waals surface area contributed by atoms with Gasteiger partial charge in [0.05, 0.1) is 0 Å². The molecule has 0 saturated carbocycles. The number of nitrogens with one attached hydrogen (secondary N) is 1. The summed E-state index contributed by atoms with van der Waals surface area (Å²) in [5, 5.41) is 3.08. The molecule has 2 aliphatic heterocycles. The first-order valence-corrected chi connectivity index (χ1v) is 8.75. The lowest BCUT2D eigenvalue weighted by Gasteiger charge is -2.17. The van der Waals surface area contributed by atoms with E-state index in [4.69, 9.17) is 0 Å². The summed E-state index contributed by atoms with van der Waals surface area (Å²) in [7, 11) is 2.14. The molecule has 0 radical (unpaired) electrons. The Morgan fingerprint density at radius 1 is 1.12 bits per heavy atom. The average Bonchev–Trinajstić information content (AvgIpc) is 2.94. The van der Waals surface area contributed by atoms with E-state index in [1.165, 1.54) is 0 Å². The van der Waals surface area contributed by atoms with Gasteiger partial charge >= 0.3 is 0 Å². The molecule has 0 spiro atoms. The Kier molecular flexibility index (Phi) is 3.92. The standard InChI is InChI=1S/C21H22N2O2/c1-13(24)14-4-3-5-15(8-14)16-6-7-18-19(9-16)21(25)22-10-17-11-23(2)12-20(17)18/h3-9,17,20H,10-12H2,1-2H3,(H,22,25)/t17-,20-/m1/s1. The molecule has 2 atom stereocenters. The Morgan fingerprint density at radius 3 is 2.72 bits per heavy atom. The van der Waals surface area contributed by atoms with Crippen LogP contribution >= 0.6 is 0 Å². The third-order valence-corrected chi connectivity index (χ3v) is 5.45. The van der Waals surface area contributed by atoms with Gasteiger partial charge in [-0.2, -0.15) is 0 Å². The first kappa shape index (κ1) is 16.0. The van der Waals surface area contributed by atoms with Gasteiger partial charge in [0.1, 0.15) is 0 Å². The van der Waals surface area contributed by atoms with Crippen molar-refractivity contribution >= 4 is 11.7 Å². The third kappa shape index (κ3) is 2.87. The van der Waals surface area contributed by atoms with Crippen LogP contribution in [0.3, 0.4) is 0 Å². The number of nitrogens with zero attached hydrogens (tertiary/aromatic N) is 1. The summed E-state index contributed by atoms with van der Waals surface area (Å²) in [6, 6.07) is 13.7. The highest BCUT2D eigenvalue weighted by molar-refractivity contribution is 5.98. The lowest BCUT2D eigenvalue weighted by Crippen LogP contribution is -2.29. The van der Waals surface area contributed by atoms with Gasteiger partial charge in [-0.3, -0.25) is 9.59 Å². The number of ketones is 1. The number of carbonyl (C=O) groups is 2. The Morgan fingerprint density at radius 2 is 1.92 bits per heavy atom. The highest BCUT2D eigenvalue weighted by atomic mass is 16.1. The van der Waals surface area contributed by atoms with Crippen LogP contribution in [0.5, 0.6) is 0 Å². The summed E-state index contributed by atoms with van der Waals surface area (Å²) in [6.45, 7) is 4.32. The van der Waals surface area contributed by atoms with Crippen molar-refractivity contribution in [3.63, 3.8) is 0 Å². The van der Waals surface area contributed by atoms with Crippen molar-refractivity contribution in [2.45, 2.75) is 12.8 Å². The summed E-state index contributed by atoms with van der Waals surface area (Å²) in [5.74, 6) is 0.932. The quantitative estimate of drug-likeness (QED) is 0.859. The molecule has 4 heteroatoms. The van der Waals surface area contributed by atoms with Crippen LogP contribution in [0.2, 0.25) is 0 Å². The number of likely N-dealkylation sites (N-methyl/N-ethyl adjacent to an activating group) is 1. The molecule has 1 fully saturated rings. The minimum Gasteiger partial charge on any atom is -0.352 e. The zero-order chi connectivity index (χ0) is 17.6. The van der Waals surface area contributed by atoms with E-state index < -0.39 is 0 Å². The zero-order valence-electron chi connectivity index (χ0n) is 14.6. The van der Waals surface area contributed by atoms with Crippen LogP contribution in [0.25, 0.3) is 11.1 Å². The van der Waals surface area contributed by atoms with Crippen molar-refractivity contribution in [3.8, 4) is 11.1 Å². The predicted molar refractivity (Wildman–Crippen MR) is 97.9 cm³/mol. The minimum atomic E-state index is 0.0108. The fourth-order valence-corrected chi connectivity index (χ4v) is 4.14. The summed E-state index contributed by atoms with van der Waals surface area (Å²) < 4.78 is 0. The summed E-state index contributed by atoms with van der Waals surface area (Å²) in [6.07, 6.45) is 0. The van der Waals surface area contributed by atoms with E-state index in [0.717, 1.165) is 41.9 Å². The SMILES string of the molecule is CC(=O)c1cccc(-c2ccc3c(c2)C(=O)NC[C@@H]2CN(C)C[C@@H]32)c1. The summed E-state index contributed by atoms with van der Waals surface area (Å²) in [5.41, 5.74) is 4.55. The molecule has 4 nitrogen and oxygen atoms in total. The van der Waals surface area contributed by atoms with Crippen LogP contribution in [-0.4, -0.2) is 43.3 Å². The first-order chi connectivity index (χ1) is 12.0. The number of likely N-dealkylation sites (tertiary alicyclic amines) is 1. The van der Waals surface area contributed by atoms with Crippen molar-refractivity contribution in [1.82, 2.24) is 10.2 Å². The van der Waals surface area contributed by atoms with Gasteiger partial charge in [-0.15, -0.1) is 0 Å². The minimum absolute atomic E-state index is 0.0108. The average molecular weight is 334 g/mol. The second-order valence-electron chi connectivity index (χ2n) is 7.24. The van der Waals surface area contributed by atoms with Gasteiger partial charge in [0.15, 0.2) is 5.78 Å². The normalized spacial score (nSPS) is 22.7. The molecule has 1 amide bonds. The van der Waals surface area contributed by atoms with E-state index in [2.05, 4.69) is 29.4 Å². The van der Waals surface area contributed by atoms with Crippen molar-refractivity contribution in [3.05, 3.63) is 59.2 Å². The largest absolute Gasteiger partial charge is 0.352 e. The van der Waals surface area contributed by atoms with Gasteiger partial charge in [0, 0.05) is 36.7 Å². The fourth-order valence-electron chi connectivity index (χ4n) is 4.14. The van der Waals surface area contributed by atoms with E-state index in [0.29, 0.717) is 17.4 Å². The van der Waals surface area contributed by atoms with Crippen LogP contribution < -0.4 is 5.32 Å². The van der Waals surface area contributed by atoms with Crippen molar-refractivity contribution in [2.24, 2.45) is 5.92 Å². The third-order valence-electron chi connectivity index (χ3n) is 5.45. The Hall–Kier alpha value is -2.46. The van der Waals surface area contributed by atoms with Crippen LogP contribution in [0.4, 0.5) is 0 Å². The van der Waals surface area contributed by atoms with E-state index in [1.54, 1.807) is 6.92 Å². The topological polar surface area (TPSA) is 49.4 Å². The molecule has 1 saturated heterocycles. The van der Waals surface area contributed by atoms with E-state index in [-0.39, 0.29) is 11.7 Å². The molecule has 2 aliphatic rings. The van der Waals surface area contributed by atoms with Crippen molar-refractivity contribution in [1.29, 1.82) is 0 Å². The molecule has 4 rings (SSSR count). The van der Waals surface area contributed by atoms with Crippen molar-refractivity contribution < 1.29 is 9.59 Å². The molecule has 0 aromatic heterocycles. The number of carbonyl (C=O) groups excluding carboxylic acids is 2. The van der Waals surface area contributed by atoms with Crippen molar-refractivity contribution in [2.75, 3.05) is 26.7 Å². The predicted octanol–water partition coefficient (Wildman–Crippen LogP) is 2.94. The molecule has 0 bridgehead atoms. The maximum atomic E-state index is 12.6. The summed E-state index contributed by atoms with van der Waals surface area (Å²) >= 11 is 0. The van der Waals surface area contributed by atoms with Crippen LogP contribution in [0.15, 0.2) is 42.5 Å². The lowest BCUT2D eigenvalue weighted by molar-refractivity contribution is 0.0950. The molecule has 0 unspecified atom stereocenters. The van der Waals surface area contributed by atoms with Gasteiger partial charge in [-0.25, -0.2) is 0 Å². The van der Waals surface area contributed by atoms with Crippen LogP contribution in [0, 0.1) is 5.92 Å². The first-order valence-electron chi connectivity index (χ1n) is 8.75. The Labute approximate surface area is 147 Å². The molecule has 2 aromatic carbocycles. The number of benzene rings is 2. The Balaban J connectivity index is 1.78. The number of hydrogen-bond acceptors (Lipinski definition) is 3. The molecule has 25 heavy (non-hydrogen) atoms. The molecule has 0 aliphatic carbocycles.